The molecular weight excluding hydrogens is 234 g/mol. The number of nitrogen functional groups attached to an aromatic ring is 1. The van der Waals surface area contributed by atoms with E-state index >= 15 is 0 Å². The van der Waals surface area contributed by atoms with Crippen LogP contribution in [-0.4, -0.2) is 43.4 Å². The zero-order chi connectivity index (χ0) is 13.0. The van der Waals surface area contributed by atoms with E-state index in [9.17, 15) is 4.79 Å². The van der Waals surface area contributed by atoms with E-state index in [2.05, 4.69) is 10.3 Å². The molecule has 1 atom stereocenters. The Morgan fingerprint density at radius 2 is 2.56 bits per heavy atom. The molecule has 0 radical (unpaired) electrons. The van der Waals surface area contributed by atoms with Gasteiger partial charge in [-0.3, -0.25) is 4.79 Å². The van der Waals surface area contributed by atoms with Gasteiger partial charge in [0.15, 0.2) is 0 Å². The largest absolute Gasteiger partial charge is 0.383 e. The molecule has 1 saturated heterocycles. The summed E-state index contributed by atoms with van der Waals surface area (Å²) in [4.78, 5) is 15.8. The molecule has 2 heterocycles. The number of anilines is 1. The number of hydrogen-bond acceptors (Lipinski definition) is 5. The lowest BCUT2D eigenvalue weighted by atomic mass is 10.0. The summed E-state index contributed by atoms with van der Waals surface area (Å²) in [6.07, 6.45) is 2.32. The summed E-state index contributed by atoms with van der Waals surface area (Å²) in [5, 5.41) is 2.81. The molecular formula is C12H17N3O3. The Balaban J connectivity index is 1.98. The number of hydrogen-bond donors (Lipinski definition) is 2. The maximum Gasteiger partial charge on any atom is 0.255 e. The Kier molecular flexibility index (Phi) is 3.78. The Morgan fingerprint density at radius 1 is 1.72 bits per heavy atom. The molecule has 98 valence electrons. The highest BCUT2D eigenvalue weighted by atomic mass is 16.5. The first-order valence-electron chi connectivity index (χ1n) is 5.78. The molecule has 0 saturated carbocycles. The molecule has 1 unspecified atom stereocenters. The van der Waals surface area contributed by atoms with E-state index < -0.39 is 5.60 Å². The van der Waals surface area contributed by atoms with Crippen LogP contribution in [0.1, 0.15) is 16.8 Å². The topological polar surface area (TPSA) is 86.5 Å². The first kappa shape index (κ1) is 12.8. The summed E-state index contributed by atoms with van der Waals surface area (Å²) in [6, 6.07) is 3.32. The number of pyridine rings is 1. The number of aromatic nitrogens is 1. The van der Waals surface area contributed by atoms with Crippen molar-refractivity contribution in [1.29, 1.82) is 0 Å². The van der Waals surface area contributed by atoms with Crippen molar-refractivity contribution in [1.82, 2.24) is 10.3 Å². The average molecular weight is 251 g/mol. The maximum absolute atomic E-state index is 12.0. The number of nitrogens with zero attached hydrogens (tertiary/aromatic N) is 1. The first-order chi connectivity index (χ1) is 8.67. The quantitative estimate of drug-likeness (QED) is 0.798. The first-order valence-corrected chi connectivity index (χ1v) is 5.78. The van der Waals surface area contributed by atoms with Gasteiger partial charge in [0.25, 0.3) is 5.91 Å². The normalized spacial score (nSPS) is 22.9. The van der Waals surface area contributed by atoms with E-state index in [0.29, 0.717) is 25.3 Å². The Bertz CT molecular complexity index is 430. The van der Waals surface area contributed by atoms with Crippen LogP contribution in [0.2, 0.25) is 0 Å². The van der Waals surface area contributed by atoms with Gasteiger partial charge in [0.1, 0.15) is 11.4 Å². The zero-order valence-electron chi connectivity index (χ0n) is 10.3. The number of amides is 1. The second-order valence-electron chi connectivity index (χ2n) is 4.31. The van der Waals surface area contributed by atoms with E-state index in [4.69, 9.17) is 15.2 Å². The van der Waals surface area contributed by atoms with E-state index in [0.717, 1.165) is 6.42 Å². The molecule has 0 aliphatic carbocycles. The van der Waals surface area contributed by atoms with Crippen LogP contribution in [0.5, 0.6) is 0 Å². The van der Waals surface area contributed by atoms with Crippen molar-refractivity contribution in [3.63, 3.8) is 0 Å². The fraction of sp³-hybridized carbons (Fsp3) is 0.500. The van der Waals surface area contributed by atoms with Gasteiger partial charge in [0.05, 0.1) is 12.2 Å². The Hall–Kier alpha value is -1.66. The standard InChI is InChI=1S/C12H17N3O3/c1-17-12(4-6-18-8-12)7-15-11(16)9-3-2-5-14-10(9)13/h2-3,5H,4,6-8H2,1H3,(H2,13,14)(H,15,16). The van der Waals surface area contributed by atoms with Gasteiger partial charge in [-0.2, -0.15) is 0 Å². The van der Waals surface area contributed by atoms with Crippen LogP contribution >= 0.6 is 0 Å². The van der Waals surface area contributed by atoms with Gasteiger partial charge in [0.2, 0.25) is 0 Å². The molecule has 3 N–H and O–H groups in total. The van der Waals surface area contributed by atoms with Gasteiger partial charge in [0, 0.05) is 32.9 Å². The lowest BCUT2D eigenvalue weighted by molar-refractivity contribution is -0.0148. The maximum atomic E-state index is 12.0. The van der Waals surface area contributed by atoms with Crippen LogP contribution in [0.4, 0.5) is 5.82 Å². The summed E-state index contributed by atoms with van der Waals surface area (Å²) < 4.78 is 10.7. The summed E-state index contributed by atoms with van der Waals surface area (Å²) in [5.41, 5.74) is 5.60. The van der Waals surface area contributed by atoms with Crippen molar-refractivity contribution in [2.75, 3.05) is 32.6 Å². The van der Waals surface area contributed by atoms with Crippen molar-refractivity contribution in [3.05, 3.63) is 23.9 Å². The second-order valence-corrected chi connectivity index (χ2v) is 4.31. The van der Waals surface area contributed by atoms with Crippen LogP contribution in [0.25, 0.3) is 0 Å². The Morgan fingerprint density at radius 3 is 3.17 bits per heavy atom. The fourth-order valence-electron chi connectivity index (χ4n) is 1.91. The molecule has 1 aliphatic heterocycles. The van der Waals surface area contributed by atoms with E-state index in [1.54, 1.807) is 25.4 Å². The van der Waals surface area contributed by atoms with Gasteiger partial charge in [-0.1, -0.05) is 0 Å². The SMILES string of the molecule is COC1(CNC(=O)c2cccnc2N)CCOC1. The molecule has 6 nitrogen and oxygen atoms in total. The number of rotatable bonds is 4. The minimum atomic E-state index is -0.424. The number of carbonyl (C=O) groups is 1. The van der Waals surface area contributed by atoms with Gasteiger partial charge in [-0.15, -0.1) is 0 Å². The summed E-state index contributed by atoms with van der Waals surface area (Å²) in [5.74, 6) is -0.0203. The van der Waals surface area contributed by atoms with Crippen LogP contribution < -0.4 is 11.1 Å². The molecule has 2 rings (SSSR count). The molecule has 0 aromatic carbocycles. The smallest absolute Gasteiger partial charge is 0.255 e. The van der Waals surface area contributed by atoms with Crippen molar-refractivity contribution in [3.8, 4) is 0 Å². The van der Waals surface area contributed by atoms with E-state index in [-0.39, 0.29) is 11.7 Å². The van der Waals surface area contributed by atoms with Crippen molar-refractivity contribution in [2.45, 2.75) is 12.0 Å². The molecule has 1 fully saturated rings. The molecule has 18 heavy (non-hydrogen) atoms. The van der Waals surface area contributed by atoms with Gasteiger partial charge < -0.3 is 20.5 Å². The monoisotopic (exact) mass is 251 g/mol. The molecule has 0 bridgehead atoms. The van der Waals surface area contributed by atoms with Crippen LogP contribution in [-0.2, 0) is 9.47 Å². The lowest BCUT2D eigenvalue weighted by Gasteiger charge is -2.25. The fourth-order valence-corrected chi connectivity index (χ4v) is 1.91. The summed E-state index contributed by atoms with van der Waals surface area (Å²) in [7, 11) is 1.62. The number of nitrogens with two attached hydrogens (primary N) is 1. The number of ether oxygens (including phenoxy) is 2. The van der Waals surface area contributed by atoms with Gasteiger partial charge in [-0.05, 0) is 12.1 Å². The van der Waals surface area contributed by atoms with Gasteiger partial charge in [-0.25, -0.2) is 4.98 Å². The number of methoxy groups -OCH3 is 1. The molecule has 0 spiro atoms. The number of nitrogens with one attached hydrogen (secondary N) is 1. The summed E-state index contributed by atoms with van der Waals surface area (Å²) >= 11 is 0. The van der Waals surface area contributed by atoms with E-state index in [1.165, 1.54) is 0 Å². The third-order valence-corrected chi connectivity index (χ3v) is 3.15. The summed E-state index contributed by atoms with van der Waals surface area (Å²) in [6.45, 7) is 1.54. The molecule has 1 aromatic rings. The van der Waals surface area contributed by atoms with Crippen LogP contribution in [0.15, 0.2) is 18.3 Å². The predicted molar refractivity (Wildman–Crippen MR) is 66.2 cm³/mol. The highest BCUT2D eigenvalue weighted by Crippen LogP contribution is 2.21. The zero-order valence-corrected chi connectivity index (χ0v) is 10.3. The second kappa shape index (κ2) is 5.32. The molecule has 6 heteroatoms. The lowest BCUT2D eigenvalue weighted by Crippen LogP contribution is -2.45. The minimum absolute atomic E-state index is 0.226. The molecule has 1 aromatic heterocycles. The highest BCUT2D eigenvalue weighted by molar-refractivity contribution is 5.98. The van der Waals surface area contributed by atoms with Crippen molar-refractivity contribution < 1.29 is 14.3 Å². The van der Waals surface area contributed by atoms with Crippen molar-refractivity contribution in [2.24, 2.45) is 0 Å². The van der Waals surface area contributed by atoms with Crippen LogP contribution in [0.3, 0.4) is 0 Å². The van der Waals surface area contributed by atoms with Gasteiger partial charge >= 0.3 is 0 Å². The van der Waals surface area contributed by atoms with Crippen molar-refractivity contribution >= 4 is 11.7 Å². The molecule has 1 amide bonds. The highest BCUT2D eigenvalue weighted by Gasteiger charge is 2.35. The Labute approximate surface area is 105 Å². The van der Waals surface area contributed by atoms with E-state index in [1.807, 2.05) is 0 Å². The third-order valence-electron chi connectivity index (χ3n) is 3.15. The van der Waals surface area contributed by atoms with Crippen LogP contribution in [0, 0.1) is 0 Å². The third kappa shape index (κ3) is 2.60. The predicted octanol–water partition coefficient (Wildman–Crippen LogP) is 0.199. The minimum Gasteiger partial charge on any atom is -0.383 e. The number of carbonyl (C=O) groups excluding carboxylic acids is 1. The molecule has 1 aliphatic rings. The average Bonchev–Trinajstić information content (AvgIpc) is 2.86.